The molecular weight excluding hydrogens is 1060 g/mol. The smallest absolute Gasteiger partial charge is 0.306 e. The van der Waals surface area contributed by atoms with Crippen LogP contribution in [0.25, 0.3) is 0 Å². The molecule has 4 saturated carbocycles. The minimum atomic E-state index is -1.82. The molecule has 452 valence electrons. The van der Waals surface area contributed by atoms with Crippen LogP contribution >= 0.6 is 0 Å². The lowest BCUT2D eigenvalue weighted by Gasteiger charge is -2.59. The van der Waals surface area contributed by atoms with E-state index in [0.29, 0.717) is 12.8 Å². The second-order valence-corrected chi connectivity index (χ2v) is 22.6. The van der Waals surface area contributed by atoms with Crippen LogP contribution in [0.3, 0.4) is 0 Å². The van der Waals surface area contributed by atoms with Gasteiger partial charge in [-0.2, -0.15) is 0 Å². The van der Waals surface area contributed by atoms with Gasteiger partial charge in [0.1, 0.15) is 62.0 Å². The Morgan fingerprint density at radius 3 is 1.85 bits per heavy atom. The largest absolute Gasteiger partial charge is 0.463 e. The molecule has 0 radical (unpaired) electrons. The monoisotopic (exact) mass is 1140 g/mol. The number of nitrogens with two attached hydrogens (primary N) is 5. The van der Waals surface area contributed by atoms with E-state index in [4.69, 9.17) is 76.0 Å². The molecule has 0 aromatic carbocycles. The summed E-state index contributed by atoms with van der Waals surface area (Å²) in [5.74, 6) is -4.02. The van der Waals surface area contributed by atoms with Gasteiger partial charge >= 0.3 is 23.9 Å². The summed E-state index contributed by atoms with van der Waals surface area (Å²) >= 11 is 0. The summed E-state index contributed by atoms with van der Waals surface area (Å²) in [4.78, 5) is 75.3. The fourth-order valence-corrected chi connectivity index (χ4v) is 13.1. The molecule has 16 N–H and O–H groups in total. The molecule has 0 aromatic rings. The van der Waals surface area contributed by atoms with E-state index in [9.17, 15) is 59.4 Å². The first-order chi connectivity index (χ1) is 37.9. The Morgan fingerprint density at radius 2 is 1.24 bits per heavy atom. The van der Waals surface area contributed by atoms with Crippen molar-refractivity contribution in [1.29, 1.82) is 0 Å². The fourth-order valence-electron chi connectivity index (χ4n) is 13.1. The van der Waals surface area contributed by atoms with E-state index < -0.39 is 157 Å². The summed E-state index contributed by atoms with van der Waals surface area (Å²) in [6, 6.07) is -3.82. The van der Waals surface area contributed by atoms with Crippen molar-refractivity contribution >= 4 is 35.4 Å². The number of esters is 4. The molecule has 3 unspecified atom stereocenters. The topological polar surface area (TPSA) is 446 Å². The molecule has 6 fully saturated rings. The number of hydrogen-bond acceptors (Lipinski definition) is 27. The number of carbonyl (C=O) groups excluding carboxylic acids is 6. The van der Waals surface area contributed by atoms with Crippen molar-refractivity contribution in [3.05, 3.63) is 23.8 Å². The van der Waals surface area contributed by atoms with Crippen molar-refractivity contribution in [2.24, 2.45) is 57.3 Å². The molecule has 27 heteroatoms. The number of allylic oxidation sites excluding steroid dienone is 4. The van der Waals surface area contributed by atoms with Crippen LogP contribution in [0.5, 0.6) is 0 Å². The van der Waals surface area contributed by atoms with Crippen molar-refractivity contribution in [1.82, 2.24) is 0 Å². The maximum Gasteiger partial charge on any atom is 0.306 e. The first-order valence-electron chi connectivity index (χ1n) is 27.6. The zero-order valence-corrected chi connectivity index (χ0v) is 45.4. The molecule has 21 atom stereocenters. The molecule has 7 rings (SSSR count). The van der Waals surface area contributed by atoms with Crippen LogP contribution in [0.15, 0.2) is 23.8 Å². The number of aliphatic hydroxyl groups excluding tert-OH is 5. The zero-order chi connectivity index (χ0) is 58.3. The van der Waals surface area contributed by atoms with Gasteiger partial charge in [0.2, 0.25) is 5.78 Å². The molecule has 2 aliphatic heterocycles. The summed E-state index contributed by atoms with van der Waals surface area (Å²) in [6.45, 7) is 2.58. The number of fused-ring (bicyclic) bond motifs is 5. The van der Waals surface area contributed by atoms with E-state index in [1.54, 1.807) is 12.2 Å². The summed E-state index contributed by atoms with van der Waals surface area (Å²) < 4.78 is 54.8. The zero-order valence-electron chi connectivity index (χ0n) is 45.4. The Morgan fingerprint density at radius 1 is 0.675 bits per heavy atom. The molecule has 2 saturated heterocycles. The van der Waals surface area contributed by atoms with Crippen molar-refractivity contribution in [3.8, 4) is 0 Å². The van der Waals surface area contributed by atoms with E-state index in [2.05, 4.69) is 0 Å². The minimum Gasteiger partial charge on any atom is -0.463 e. The maximum absolute atomic E-state index is 13.6. The molecular formula is C53H83N5O22. The van der Waals surface area contributed by atoms with Crippen LogP contribution in [-0.2, 0) is 76.1 Å². The van der Waals surface area contributed by atoms with Crippen molar-refractivity contribution in [3.63, 3.8) is 0 Å². The normalized spacial score (nSPS) is 40.4. The van der Waals surface area contributed by atoms with Crippen LogP contribution in [0, 0.1) is 28.6 Å². The lowest BCUT2D eigenvalue weighted by molar-refractivity contribution is -0.315. The van der Waals surface area contributed by atoms with Gasteiger partial charge in [-0.1, -0.05) is 25.5 Å². The summed E-state index contributed by atoms with van der Waals surface area (Å²) in [6.07, 6.45) is -7.30. The Balaban J connectivity index is 0.702. The predicted octanol–water partition coefficient (Wildman–Crippen LogP) is -3.94. The van der Waals surface area contributed by atoms with Crippen LogP contribution < -0.4 is 28.7 Å². The average Bonchev–Trinajstić information content (AvgIpc) is 3.63. The summed E-state index contributed by atoms with van der Waals surface area (Å²) in [5, 5.41) is 66.6. The van der Waals surface area contributed by atoms with Crippen LogP contribution in [0.1, 0.15) is 84.5 Å². The lowest BCUT2D eigenvalue weighted by Crippen LogP contribution is -2.68. The quantitative estimate of drug-likeness (QED) is 0.0236. The highest BCUT2D eigenvalue weighted by atomic mass is 16.7. The first kappa shape index (κ1) is 63.6. The number of rotatable bonds is 25. The number of ketones is 2. The van der Waals surface area contributed by atoms with Crippen molar-refractivity contribution < 1.29 is 107 Å². The molecule has 5 aliphatic carbocycles. The number of Topliss-reactive ketones (excluding diaryl/α,β-unsaturated/α-hetero) is 1. The van der Waals surface area contributed by atoms with Gasteiger partial charge in [-0.15, -0.1) is 0 Å². The third-order valence-electron chi connectivity index (χ3n) is 17.5. The number of hydrogen-bond donors (Lipinski definition) is 11. The summed E-state index contributed by atoms with van der Waals surface area (Å²) in [7, 11) is 0. The van der Waals surface area contributed by atoms with E-state index in [1.807, 2.05) is 19.9 Å². The maximum atomic E-state index is 13.6. The standard InChI is InChI=1S/C53H83N5O22/c1-51-11-9-27(59)19-26(51)3-4-28-29-10-12-53(70,52(29,2)22-34(61)42(28)51)37(62)25-76-41(66)8-6-39(64)74-18-16-72-14-13-71-15-17-73-38(63)5-7-40(65)75-24-36-44(67)43(58)45(68)50(78-36)80-48-31(56)20-30(55)47(46(48)69)79-49-32(57)21-33(60)35(23-54)77-49/h9,11,19,28-36,42-50,60-61,67-70H,3-8,10,12-18,20-25,54-58H2,1-2H3/t28?,29?,30-,31+,32+,33-,34-,35+,36+,42?,43-,44+,45+,46-,47+,48-,49+,50+,51-,52-,53-/m0/s1. The van der Waals surface area contributed by atoms with E-state index >= 15 is 0 Å². The number of ether oxygens (including phenoxy) is 10. The second kappa shape index (κ2) is 27.6. The van der Waals surface area contributed by atoms with Gasteiger partial charge in [0.15, 0.2) is 25.0 Å². The molecule has 2 heterocycles. The highest BCUT2D eigenvalue weighted by Gasteiger charge is 2.68. The number of aliphatic hydroxyl groups is 6. The lowest BCUT2D eigenvalue weighted by atomic mass is 9.46. The Labute approximate surface area is 463 Å². The average molecular weight is 1140 g/mol. The van der Waals surface area contributed by atoms with Gasteiger partial charge in [0.25, 0.3) is 0 Å². The molecule has 27 nitrogen and oxygen atoms in total. The van der Waals surface area contributed by atoms with Crippen molar-refractivity contribution in [2.75, 3.05) is 59.4 Å². The second-order valence-electron chi connectivity index (χ2n) is 22.6. The first-order valence-corrected chi connectivity index (χ1v) is 27.6. The molecule has 0 spiro atoms. The van der Waals surface area contributed by atoms with Gasteiger partial charge < -0.3 is 107 Å². The van der Waals surface area contributed by atoms with Gasteiger partial charge in [0, 0.05) is 35.4 Å². The van der Waals surface area contributed by atoms with Gasteiger partial charge in [0.05, 0.1) is 82.5 Å². The highest BCUT2D eigenvalue weighted by Crippen LogP contribution is 2.67. The van der Waals surface area contributed by atoms with Crippen LogP contribution in [0.2, 0.25) is 0 Å². The molecule has 7 aliphatic rings. The third-order valence-corrected chi connectivity index (χ3v) is 17.5. The Bertz CT molecular complexity index is 2240. The Kier molecular flexibility index (Phi) is 21.9. The molecule has 0 bridgehead atoms. The number of carbonyl (C=O) groups is 6. The van der Waals surface area contributed by atoms with Gasteiger partial charge in [-0.05, 0) is 68.9 Å². The van der Waals surface area contributed by atoms with E-state index in [0.717, 1.165) is 12.0 Å². The predicted molar refractivity (Wildman–Crippen MR) is 273 cm³/mol. The highest BCUT2D eigenvalue weighted by molar-refractivity contribution is 6.01. The van der Waals surface area contributed by atoms with Gasteiger partial charge in [-0.25, -0.2) is 0 Å². The molecule has 0 aromatic heterocycles. The minimum absolute atomic E-state index is 0.000711. The molecule has 0 amide bonds. The van der Waals surface area contributed by atoms with E-state index in [1.165, 1.54) is 0 Å². The fraction of sp³-hybridized carbons (Fsp3) is 0.811. The van der Waals surface area contributed by atoms with Crippen LogP contribution in [0.4, 0.5) is 0 Å². The third kappa shape index (κ3) is 14.3. The van der Waals surface area contributed by atoms with Gasteiger partial charge in [-0.3, -0.25) is 28.8 Å². The van der Waals surface area contributed by atoms with E-state index in [-0.39, 0.29) is 115 Å². The summed E-state index contributed by atoms with van der Waals surface area (Å²) in [5.41, 5.74) is 28.2. The van der Waals surface area contributed by atoms with Crippen LogP contribution in [-0.4, -0.2) is 223 Å². The SMILES string of the molecule is C[C@]12C=CC(=O)C=C1CCC1C2[C@@H](O)C[C@@]2(C)C1CC[C@]2(O)C(=O)COC(=O)CCC(=O)OCCOCCOCCOC(=O)CCC(=O)OC[C@H]1O[C@H](O[C@@H]2[C@@H](O)[C@H](O[C@H]3O[C@H](CN)[C@@H](O)C[C@H]3N)[C@@H](N)C[C@H]2N)[C@H](O)[C@@H](N)[C@@H]1O. The molecule has 80 heavy (non-hydrogen) atoms. The Hall–Kier alpha value is -3.98. The van der Waals surface area contributed by atoms with Crippen molar-refractivity contribution in [2.45, 2.75) is 182 Å².